The Bertz CT molecular complexity index is 1240. The quantitative estimate of drug-likeness (QED) is 0.342. The van der Waals surface area contributed by atoms with Crippen molar-refractivity contribution in [2.75, 3.05) is 12.8 Å². The second kappa shape index (κ2) is 9.79. The SMILES string of the molecule is CNCc1ccc(C(N)=CC(=O)c2nc(-c3ccc(=O)n(CCC4CC4)c3)cnc2N)cc1. The summed E-state index contributed by atoms with van der Waals surface area (Å²) < 4.78 is 1.68. The lowest BCUT2D eigenvalue weighted by Crippen LogP contribution is -2.19. The minimum Gasteiger partial charge on any atom is -0.398 e. The summed E-state index contributed by atoms with van der Waals surface area (Å²) in [6, 6.07) is 10.8. The van der Waals surface area contributed by atoms with Gasteiger partial charge < -0.3 is 21.4 Å². The van der Waals surface area contributed by atoms with Crippen molar-refractivity contribution in [1.82, 2.24) is 19.9 Å². The minimum atomic E-state index is -0.430. The van der Waals surface area contributed by atoms with Gasteiger partial charge in [-0.05, 0) is 36.6 Å². The fourth-order valence-electron chi connectivity index (χ4n) is 3.62. The molecule has 0 spiro atoms. The smallest absolute Gasteiger partial charge is 0.250 e. The van der Waals surface area contributed by atoms with Gasteiger partial charge in [0.1, 0.15) is 0 Å². The third-order valence-electron chi connectivity index (χ3n) is 5.74. The number of rotatable bonds is 9. The van der Waals surface area contributed by atoms with Crippen molar-refractivity contribution in [2.24, 2.45) is 11.7 Å². The van der Waals surface area contributed by atoms with Gasteiger partial charge in [0.05, 0.1) is 11.9 Å². The number of allylic oxidation sites excluding steroid dienone is 1. The molecule has 5 N–H and O–H groups in total. The first-order chi connectivity index (χ1) is 15.9. The van der Waals surface area contributed by atoms with Gasteiger partial charge in [-0.2, -0.15) is 0 Å². The first-order valence-corrected chi connectivity index (χ1v) is 11.0. The van der Waals surface area contributed by atoms with Gasteiger partial charge in [0, 0.05) is 42.7 Å². The van der Waals surface area contributed by atoms with Crippen molar-refractivity contribution < 1.29 is 4.79 Å². The van der Waals surface area contributed by atoms with E-state index in [9.17, 15) is 9.59 Å². The van der Waals surface area contributed by atoms with Crippen LogP contribution in [0.2, 0.25) is 0 Å². The van der Waals surface area contributed by atoms with E-state index < -0.39 is 5.78 Å². The summed E-state index contributed by atoms with van der Waals surface area (Å²) in [6.07, 6.45) is 8.04. The van der Waals surface area contributed by atoms with Crippen molar-refractivity contribution in [3.8, 4) is 11.3 Å². The predicted octanol–water partition coefficient (Wildman–Crippen LogP) is 2.59. The van der Waals surface area contributed by atoms with E-state index in [2.05, 4.69) is 15.3 Å². The normalized spacial score (nSPS) is 13.8. The predicted molar refractivity (Wildman–Crippen MR) is 129 cm³/mol. The molecular formula is C25H28N6O2. The summed E-state index contributed by atoms with van der Waals surface area (Å²) in [5.41, 5.74) is 15.4. The van der Waals surface area contributed by atoms with Gasteiger partial charge in [-0.25, -0.2) is 9.97 Å². The number of aromatic nitrogens is 3. The third kappa shape index (κ3) is 5.53. The molecule has 170 valence electrons. The Morgan fingerprint density at radius 3 is 2.67 bits per heavy atom. The molecule has 0 amide bonds. The summed E-state index contributed by atoms with van der Waals surface area (Å²) in [6.45, 7) is 1.41. The Hall–Kier alpha value is -3.78. The summed E-state index contributed by atoms with van der Waals surface area (Å²) in [4.78, 5) is 33.7. The number of aryl methyl sites for hydroxylation is 1. The number of carbonyl (C=O) groups is 1. The van der Waals surface area contributed by atoms with Gasteiger partial charge >= 0.3 is 0 Å². The number of anilines is 1. The summed E-state index contributed by atoms with van der Waals surface area (Å²) in [5.74, 6) is 0.317. The highest BCUT2D eigenvalue weighted by Crippen LogP contribution is 2.32. The van der Waals surface area contributed by atoms with Gasteiger partial charge in [0.15, 0.2) is 11.5 Å². The Labute approximate surface area is 192 Å². The van der Waals surface area contributed by atoms with Crippen LogP contribution in [0.1, 0.15) is 40.9 Å². The first-order valence-electron chi connectivity index (χ1n) is 11.0. The van der Waals surface area contributed by atoms with Crippen LogP contribution >= 0.6 is 0 Å². The molecule has 0 atom stereocenters. The summed E-state index contributed by atoms with van der Waals surface area (Å²) in [5, 5.41) is 3.08. The molecule has 8 heteroatoms. The molecule has 3 aromatic rings. The lowest BCUT2D eigenvalue weighted by molar-refractivity contribution is 0.104. The third-order valence-corrected chi connectivity index (χ3v) is 5.74. The topological polar surface area (TPSA) is 129 Å². The van der Waals surface area contributed by atoms with E-state index >= 15 is 0 Å². The highest BCUT2D eigenvalue weighted by atomic mass is 16.1. The van der Waals surface area contributed by atoms with Crippen LogP contribution in [0, 0.1) is 5.92 Å². The van der Waals surface area contributed by atoms with E-state index in [1.54, 1.807) is 16.8 Å². The molecule has 4 rings (SSSR count). The molecule has 8 nitrogen and oxygen atoms in total. The molecule has 0 saturated heterocycles. The first kappa shape index (κ1) is 22.4. The molecule has 2 heterocycles. The zero-order chi connectivity index (χ0) is 23.4. The molecule has 0 radical (unpaired) electrons. The number of nitrogen functional groups attached to an aromatic ring is 1. The van der Waals surface area contributed by atoms with Crippen LogP contribution < -0.4 is 22.3 Å². The summed E-state index contributed by atoms with van der Waals surface area (Å²) in [7, 11) is 1.88. The molecule has 1 aromatic carbocycles. The largest absolute Gasteiger partial charge is 0.398 e. The highest BCUT2D eigenvalue weighted by Gasteiger charge is 2.21. The molecule has 0 unspecified atom stereocenters. The number of nitrogens with zero attached hydrogens (tertiary/aromatic N) is 3. The number of hydrogen-bond donors (Lipinski definition) is 3. The van der Waals surface area contributed by atoms with E-state index in [1.807, 2.05) is 31.3 Å². The van der Waals surface area contributed by atoms with E-state index in [0.717, 1.165) is 30.0 Å². The number of carbonyl (C=O) groups excluding carboxylic acids is 1. The van der Waals surface area contributed by atoms with Crippen LogP contribution in [-0.2, 0) is 13.1 Å². The average molecular weight is 445 g/mol. The van der Waals surface area contributed by atoms with E-state index in [0.29, 0.717) is 23.5 Å². The molecule has 1 aliphatic carbocycles. The standard InChI is InChI=1S/C25H28N6O2/c1-28-13-17-4-6-18(7-5-17)20(26)12-22(32)24-25(27)29-14-21(30-24)19-8-9-23(33)31(15-19)11-10-16-2-3-16/h4-9,12,14-16,28H,2-3,10-11,13,26H2,1H3,(H2,27,29). The Morgan fingerprint density at radius 1 is 1.21 bits per heavy atom. The van der Waals surface area contributed by atoms with Crippen LogP contribution in [0.3, 0.4) is 0 Å². The molecule has 0 aliphatic heterocycles. The van der Waals surface area contributed by atoms with Crippen molar-refractivity contribution in [2.45, 2.75) is 32.4 Å². The second-order valence-electron chi connectivity index (χ2n) is 8.36. The van der Waals surface area contributed by atoms with Crippen molar-refractivity contribution >= 4 is 17.3 Å². The van der Waals surface area contributed by atoms with Gasteiger partial charge in [0.2, 0.25) is 5.78 Å². The molecule has 0 bridgehead atoms. The van der Waals surface area contributed by atoms with Gasteiger partial charge in [-0.3, -0.25) is 9.59 Å². The monoisotopic (exact) mass is 444 g/mol. The van der Waals surface area contributed by atoms with E-state index in [4.69, 9.17) is 11.5 Å². The average Bonchev–Trinajstić information content (AvgIpc) is 3.64. The maximum atomic E-state index is 12.9. The van der Waals surface area contributed by atoms with Crippen LogP contribution in [0.5, 0.6) is 0 Å². The number of nitrogens with two attached hydrogens (primary N) is 2. The minimum absolute atomic E-state index is 0.0259. The highest BCUT2D eigenvalue weighted by molar-refractivity contribution is 6.09. The molecule has 1 saturated carbocycles. The maximum absolute atomic E-state index is 12.9. The number of ketones is 1. The molecule has 1 aliphatic rings. The number of hydrogen-bond acceptors (Lipinski definition) is 7. The van der Waals surface area contributed by atoms with Crippen molar-refractivity contribution in [3.05, 3.63) is 82.0 Å². The zero-order valence-electron chi connectivity index (χ0n) is 18.6. The summed E-state index contributed by atoms with van der Waals surface area (Å²) >= 11 is 0. The Balaban J connectivity index is 1.57. The Kier molecular flexibility index (Phi) is 6.65. The van der Waals surface area contributed by atoms with Gasteiger partial charge in [-0.1, -0.05) is 37.1 Å². The molecular weight excluding hydrogens is 416 g/mol. The maximum Gasteiger partial charge on any atom is 0.250 e. The fraction of sp³-hybridized carbons (Fsp3) is 0.280. The lowest BCUT2D eigenvalue weighted by Gasteiger charge is -2.09. The number of nitrogens with one attached hydrogen (secondary N) is 1. The molecule has 33 heavy (non-hydrogen) atoms. The van der Waals surface area contributed by atoms with Crippen LogP contribution in [-0.4, -0.2) is 27.4 Å². The Morgan fingerprint density at radius 2 is 1.97 bits per heavy atom. The van der Waals surface area contributed by atoms with E-state index in [1.165, 1.54) is 31.2 Å². The van der Waals surface area contributed by atoms with Crippen molar-refractivity contribution in [3.63, 3.8) is 0 Å². The molecule has 2 aromatic heterocycles. The number of benzene rings is 1. The van der Waals surface area contributed by atoms with Gasteiger partial charge in [-0.15, -0.1) is 0 Å². The van der Waals surface area contributed by atoms with E-state index in [-0.39, 0.29) is 17.1 Å². The molecule has 1 fully saturated rings. The van der Waals surface area contributed by atoms with Crippen molar-refractivity contribution in [1.29, 1.82) is 0 Å². The lowest BCUT2D eigenvalue weighted by atomic mass is 10.1. The van der Waals surface area contributed by atoms with Crippen LogP contribution in [0.15, 0.2) is 59.7 Å². The van der Waals surface area contributed by atoms with Crippen LogP contribution in [0.25, 0.3) is 17.0 Å². The zero-order valence-corrected chi connectivity index (χ0v) is 18.6. The second-order valence-corrected chi connectivity index (χ2v) is 8.36. The van der Waals surface area contributed by atoms with Gasteiger partial charge in [0.25, 0.3) is 5.56 Å². The number of pyridine rings is 1. The van der Waals surface area contributed by atoms with Crippen LogP contribution in [0.4, 0.5) is 5.82 Å². The fourth-order valence-corrected chi connectivity index (χ4v) is 3.62.